The summed E-state index contributed by atoms with van der Waals surface area (Å²) in [5.41, 5.74) is 2.76. The molecule has 1 aromatic heterocycles. The van der Waals surface area contributed by atoms with Crippen LogP contribution in [-0.4, -0.2) is 29.3 Å². The minimum absolute atomic E-state index is 0.137. The second-order valence-electron chi connectivity index (χ2n) is 4.73. The van der Waals surface area contributed by atoms with E-state index in [9.17, 15) is 0 Å². The number of nitrogens with zero attached hydrogens (tertiary/aromatic N) is 2. The molecular formula is C11H17N3O. The Bertz CT molecular complexity index is 366. The minimum atomic E-state index is 0.137. The first-order chi connectivity index (χ1) is 7.30. The summed E-state index contributed by atoms with van der Waals surface area (Å²) >= 11 is 0. The van der Waals surface area contributed by atoms with E-state index in [2.05, 4.69) is 21.8 Å². The van der Waals surface area contributed by atoms with Gasteiger partial charge < -0.3 is 14.6 Å². The van der Waals surface area contributed by atoms with Gasteiger partial charge >= 0.3 is 0 Å². The lowest BCUT2D eigenvalue weighted by atomic mass is 10.00. The molecule has 0 amide bonds. The van der Waals surface area contributed by atoms with Crippen molar-refractivity contribution in [3.63, 3.8) is 0 Å². The highest BCUT2D eigenvalue weighted by atomic mass is 16.5. The first kappa shape index (κ1) is 9.36. The van der Waals surface area contributed by atoms with Gasteiger partial charge in [-0.05, 0) is 13.3 Å². The summed E-state index contributed by atoms with van der Waals surface area (Å²) in [5.74, 6) is 0. The van der Waals surface area contributed by atoms with E-state index in [0.717, 1.165) is 39.1 Å². The Morgan fingerprint density at radius 3 is 3.33 bits per heavy atom. The molecular weight excluding hydrogens is 190 g/mol. The molecule has 0 radical (unpaired) electrons. The van der Waals surface area contributed by atoms with E-state index in [1.807, 2.05) is 6.33 Å². The number of ether oxygens (including phenoxy) is 1. The molecule has 0 spiro atoms. The monoisotopic (exact) mass is 207 g/mol. The molecule has 3 heterocycles. The van der Waals surface area contributed by atoms with E-state index in [-0.39, 0.29) is 5.54 Å². The lowest BCUT2D eigenvalue weighted by Crippen LogP contribution is -2.34. The van der Waals surface area contributed by atoms with Gasteiger partial charge in [-0.25, -0.2) is 4.98 Å². The number of rotatable bonds is 1. The molecule has 15 heavy (non-hydrogen) atoms. The van der Waals surface area contributed by atoms with Crippen LogP contribution in [-0.2, 0) is 23.2 Å². The van der Waals surface area contributed by atoms with Crippen molar-refractivity contribution in [1.29, 1.82) is 0 Å². The van der Waals surface area contributed by atoms with Crippen LogP contribution in [0.3, 0.4) is 0 Å². The van der Waals surface area contributed by atoms with Crippen molar-refractivity contribution in [2.75, 3.05) is 19.8 Å². The van der Waals surface area contributed by atoms with E-state index in [4.69, 9.17) is 4.74 Å². The number of aromatic nitrogens is 2. The van der Waals surface area contributed by atoms with Gasteiger partial charge in [0.25, 0.3) is 0 Å². The maximum atomic E-state index is 5.51. The Labute approximate surface area is 89.6 Å². The van der Waals surface area contributed by atoms with E-state index in [0.29, 0.717) is 0 Å². The van der Waals surface area contributed by atoms with Crippen molar-refractivity contribution in [1.82, 2.24) is 14.9 Å². The highest BCUT2D eigenvalue weighted by Crippen LogP contribution is 2.29. The average molecular weight is 207 g/mol. The zero-order chi connectivity index (χ0) is 10.3. The molecule has 4 nitrogen and oxygen atoms in total. The van der Waals surface area contributed by atoms with Crippen LogP contribution in [0.4, 0.5) is 0 Å². The van der Waals surface area contributed by atoms with Crippen LogP contribution in [0.5, 0.6) is 0 Å². The lowest BCUT2D eigenvalue weighted by molar-refractivity contribution is 0.160. The summed E-state index contributed by atoms with van der Waals surface area (Å²) < 4.78 is 7.85. The molecule has 2 aliphatic rings. The van der Waals surface area contributed by atoms with Gasteiger partial charge in [0.05, 0.1) is 24.2 Å². The van der Waals surface area contributed by atoms with Crippen molar-refractivity contribution < 1.29 is 4.74 Å². The first-order valence-corrected chi connectivity index (χ1v) is 5.64. The molecule has 1 fully saturated rings. The predicted octanol–water partition coefficient (Wildman–Crippen LogP) is 0.664. The molecule has 82 valence electrons. The van der Waals surface area contributed by atoms with E-state index in [1.54, 1.807) is 0 Å². The van der Waals surface area contributed by atoms with E-state index < -0.39 is 0 Å². The summed E-state index contributed by atoms with van der Waals surface area (Å²) in [6, 6.07) is 0. The zero-order valence-corrected chi connectivity index (χ0v) is 9.12. The normalized spacial score (nSPS) is 30.5. The molecule has 0 aromatic carbocycles. The van der Waals surface area contributed by atoms with Crippen LogP contribution in [0.25, 0.3) is 0 Å². The molecule has 3 rings (SSSR count). The number of imidazole rings is 1. The third kappa shape index (κ3) is 1.40. The van der Waals surface area contributed by atoms with Crippen molar-refractivity contribution in [2.24, 2.45) is 0 Å². The molecule has 1 saturated heterocycles. The van der Waals surface area contributed by atoms with Crippen molar-refractivity contribution in [3.8, 4) is 0 Å². The van der Waals surface area contributed by atoms with Gasteiger partial charge in [0.15, 0.2) is 0 Å². The smallest absolute Gasteiger partial charge is 0.0958 e. The second-order valence-corrected chi connectivity index (χ2v) is 4.73. The van der Waals surface area contributed by atoms with Gasteiger partial charge in [-0.1, -0.05) is 0 Å². The summed E-state index contributed by atoms with van der Waals surface area (Å²) in [4.78, 5) is 4.49. The van der Waals surface area contributed by atoms with E-state index in [1.165, 1.54) is 11.4 Å². The summed E-state index contributed by atoms with van der Waals surface area (Å²) in [7, 11) is 0. The van der Waals surface area contributed by atoms with Gasteiger partial charge in [-0.15, -0.1) is 0 Å². The molecule has 1 unspecified atom stereocenters. The van der Waals surface area contributed by atoms with Gasteiger partial charge in [0, 0.05) is 31.8 Å². The van der Waals surface area contributed by atoms with Crippen LogP contribution in [0.15, 0.2) is 6.33 Å². The summed E-state index contributed by atoms with van der Waals surface area (Å²) in [6.45, 7) is 5.95. The summed E-state index contributed by atoms with van der Waals surface area (Å²) in [6.07, 6.45) is 4.18. The molecule has 0 aliphatic carbocycles. The van der Waals surface area contributed by atoms with Gasteiger partial charge in [0.1, 0.15) is 0 Å². The average Bonchev–Trinajstić information content (AvgIpc) is 2.84. The van der Waals surface area contributed by atoms with Gasteiger partial charge in [-0.2, -0.15) is 0 Å². The van der Waals surface area contributed by atoms with E-state index >= 15 is 0 Å². The van der Waals surface area contributed by atoms with Gasteiger partial charge in [-0.3, -0.25) is 0 Å². The molecule has 1 aromatic rings. The molecule has 4 heteroatoms. The van der Waals surface area contributed by atoms with Crippen LogP contribution in [0.2, 0.25) is 0 Å². The Morgan fingerprint density at radius 2 is 2.53 bits per heavy atom. The third-order valence-electron chi connectivity index (χ3n) is 3.56. The zero-order valence-electron chi connectivity index (χ0n) is 9.12. The number of hydrogen-bond acceptors (Lipinski definition) is 3. The van der Waals surface area contributed by atoms with Crippen LogP contribution in [0.1, 0.15) is 24.7 Å². The predicted molar refractivity (Wildman–Crippen MR) is 56.7 cm³/mol. The Morgan fingerprint density at radius 1 is 1.60 bits per heavy atom. The Balaban J connectivity index is 2.00. The lowest BCUT2D eigenvalue weighted by Gasteiger charge is -2.27. The molecule has 0 bridgehead atoms. The number of hydrogen-bond donors (Lipinski definition) is 1. The quantitative estimate of drug-likeness (QED) is 0.735. The fourth-order valence-electron chi connectivity index (χ4n) is 2.55. The second kappa shape index (κ2) is 3.32. The molecule has 0 saturated carbocycles. The fourth-order valence-corrected chi connectivity index (χ4v) is 2.55. The van der Waals surface area contributed by atoms with Crippen LogP contribution < -0.4 is 5.32 Å². The highest BCUT2D eigenvalue weighted by Gasteiger charge is 2.34. The van der Waals surface area contributed by atoms with Crippen LogP contribution >= 0.6 is 0 Å². The van der Waals surface area contributed by atoms with Crippen molar-refractivity contribution in [2.45, 2.75) is 31.8 Å². The standard InChI is InChI=1S/C11H17N3O/c1-11(3-5-15-7-11)14-8-13-9-6-12-4-2-10(9)14/h8,12H,2-7H2,1H3. The van der Waals surface area contributed by atoms with Gasteiger partial charge in [0.2, 0.25) is 0 Å². The topological polar surface area (TPSA) is 39.1 Å². The highest BCUT2D eigenvalue weighted by molar-refractivity contribution is 5.18. The largest absolute Gasteiger partial charge is 0.379 e. The van der Waals surface area contributed by atoms with Crippen molar-refractivity contribution >= 4 is 0 Å². The molecule has 2 aliphatic heterocycles. The number of fused-ring (bicyclic) bond motifs is 1. The SMILES string of the molecule is CC1(n2cnc3c2CCNC3)CCOC1. The maximum Gasteiger partial charge on any atom is 0.0958 e. The number of nitrogens with one attached hydrogen (secondary N) is 1. The summed E-state index contributed by atoms with van der Waals surface area (Å²) in [5, 5.41) is 3.35. The minimum Gasteiger partial charge on any atom is -0.379 e. The Kier molecular flexibility index (Phi) is 2.07. The van der Waals surface area contributed by atoms with Crippen LogP contribution in [0, 0.1) is 0 Å². The molecule has 1 N–H and O–H groups in total. The first-order valence-electron chi connectivity index (χ1n) is 5.64. The maximum absolute atomic E-state index is 5.51. The molecule has 1 atom stereocenters. The fraction of sp³-hybridized carbons (Fsp3) is 0.727. The Hall–Kier alpha value is -0.870. The third-order valence-corrected chi connectivity index (χ3v) is 3.56. The van der Waals surface area contributed by atoms with Crippen molar-refractivity contribution in [3.05, 3.63) is 17.7 Å².